The maximum absolute atomic E-state index is 9.36. The van der Waals surface area contributed by atoms with Gasteiger partial charge in [0.2, 0.25) is 4.92 Å². The van der Waals surface area contributed by atoms with Crippen LogP contribution >= 0.6 is 0 Å². The Morgan fingerprint density at radius 3 is 2.17 bits per heavy atom. The summed E-state index contributed by atoms with van der Waals surface area (Å²) >= 11 is 0. The van der Waals surface area contributed by atoms with Gasteiger partial charge in [0, 0.05) is 0 Å². The van der Waals surface area contributed by atoms with Gasteiger partial charge in [-0.3, -0.25) is 0 Å². The van der Waals surface area contributed by atoms with Crippen molar-refractivity contribution in [2.24, 2.45) is 0 Å². The third kappa shape index (κ3) is 3.36. The predicted molar refractivity (Wildman–Crippen MR) is 17.4 cm³/mol. The van der Waals surface area contributed by atoms with Crippen molar-refractivity contribution < 1.29 is 15.2 Å². The van der Waals surface area contributed by atoms with Crippen LogP contribution in [0, 0.1) is 4.91 Å². The molecule has 0 rings (SSSR count). The lowest BCUT2D eigenvalue weighted by Crippen LogP contribution is -2.06. The average molecular weight is 92.1 g/mol. The van der Waals surface area contributed by atoms with Crippen molar-refractivity contribution in [3.8, 4) is 0 Å². The molecule has 0 saturated heterocycles. The number of aliphatic hydroxyl groups is 1. The molecule has 6 heavy (non-hydrogen) atoms. The molecule has 2 N–H and O–H groups in total. The molecule has 0 aromatic carbocycles. The van der Waals surface area contributed by atoms with Gasteiger partial charge in [0.05, 0.1) is 4.91 Å². The Balaban J connectivity index is 2.83. The summed E-state index contributed by atoms with van der Waals surface area (Å²) in [6, 6.07) is 0. The fraction of sp³-hybridized carbons (Fsp3) is 1.00. The molecular weight excluding hydrogens is 86.0 g/mol. The lowest BCUT2D eigenvalue weighted by Gasteiger charge is -1.71. The monoisotopic (exact) mass is 92.0 g/mol. The Kier molecular flexibility index (Phi) is 2.31. The zero-order chi connectivity index (χ0) is 4.99. The fourth-order valence-electron chi connectivity index (χ4n) is 0.0855. The second-order valence-corrected chi connectivity index (χ2v) is 0.799. The van der Waals surface area contributed by atoms with E-state index in [1.54, 1.807) is 0 Å². The number of aliphatic hydroxyl groups excluding tert-OH is 1. The van der Waals surface area contributed by atoms with Crippen LogP contribution in [0.5, 0.6) is 0 Å². The second kappa shape index (κ2) is 2.59. The molecule has 0 spiro atoms. The van der Waals surface area contributed by atoms with Crippen LogP contribution < -0.4 is 0 Å². The molecule has 0 fully saturated rings. The molecule has 0 heterocycles. The largest absolute Gasteiger partial charge is 0.389 e. The van der Waals surface area contributed by atoms with Crippen LogP contribution in [0.3, 0.4) is 0 Å². The van der Waals surface area contributed by atoms with Gasteiger partial charge in [-0.1, -0.05) is 0 Å². The molecule has 0 amide bonds. The van der Waals surface area contributed by atoms with E-state index in [-0.39, 0.29) is 18.1 Å². The third-order valence-electron chi connectivity index (χ3n) is 0.291. The highest BCUT2D eigenvalue weighted by molar-refractivity contribution is 4.09. The van der Waals surface area contributed by atoms with E-state index in [4.69, 9.17) is 10.3 Å². The molecule has 0 radical (unpaired) electrons. The highest BCUT2D eigenvalue weighted by Gasteiger charge is 1.96. The Morgan fingerprint density at radius 1 is 1.67 bits per heavy atom. The van der Waals surface area contributed by atoms with E-state index < -0.39 is 0 Å². The molecule has 0 aliphatic rings. The first-order valence-corrected chi connectivity index (χ1v) is 1.52. The van der Waals surface area contributed by atoms with Gasteiger partial charge in [0.1, 0.15) is 6.61 Å². The predicted octanol–water partition coefficient (Wildman–Crippen LogP) is -0.853. The SMILES string of the molecule is O=[N+](O)CCO. The molecule has 0 unspecified atom stereocenters. The minimum atomic E-state index is -0.319. The molecule has 0 atom stereocenters. The number of nitrogens with zero attached hydrogens (tertiary/aromatic N) is 1. The zero-order valence-corrected chi connectivity index (χ0v) is 3.16. The Bertz CT molecular complexity index is 52.8. The Hall–Kier alpha value is -0.640. The lowest BCUT2D eigenvalue weighted by molar-refractivity contribution is -0.791. The molecule has 0 aromatic rings. The van der Waals surface area contributed by atoms with E-state index in [1.807, 2.05) is 0 Å². The van der Waals surface area contributed by atoms with E-state index >= 15 is 0 Å². The lowest BCUT2D eigenvalue weighted by atomic mass is 10.7. The van der Waals surface area contributed by atoms with Crippen molar-refractivity contribution in [3.63, 3.8) is 0 Å². The maximum Gasteiger partial charge on any atom is 0.270 e. The summed E-state index contributed by atoms with van der Waals surface area (Å²) in [6.45, 7) is -0.542. The minimum absolute atomic E-state index is 0.236. The summed E-state index contributed by atoms with van der Waals surface area (Å²) < 4.78 is 0. The average Bonchev–Trinajstić information content (AvgIpc) is 1.35. The topological polar surface area (TPSA) is 60.5 Å². The molecule has 0 aliphatic carbocycles. The number of hydrogen-bond donors (Lipinski definition) is 2. The van der Waals surface area contributed by atoms with Crippen molar-refractivity contribution in [1.29, 1.82) is 0 Å². The number of hydrogen-bond acceptors (Lipinski definition) is 2. The van der Waals surface area contributed by atoms with E-state index in [0.717, 1.165) is 0 Å². The van der Waals surface area contributed by atoms with E-state index in [9.17, 15) is 4.91 Å². The van der Waals surface area contributed by atoms with Crippen molar-refractivity contribution in [2.45, 2.75) is 0 Å². The molecule has 36 valence electrons. The van der Waals surface area contributed by atoms with Crippen molar-refractivity contribution >= 4 is 0 Å². The summed E-state index contributed by atoms with van der Waals surface area (Å²) in [5.74, 6) is 0. The highest BCUT2D eigenvalue weighted by Crippen LogP contribution is 1.57. The fourth-order valence-corrected chi connectivity index (χ4v) is 0.0855. The summed E-state index contributed by atoms with van der Waals surface area (Å²) in [5.41, 5.74) is 0. The Labute approximate surface area is 34.6 Å². The van der Waals surface area contributed by atoms with Crippen molar-refractivity contribution in [3.05, 3.63) is 4.91 Å². The van der Waals surface area contributed by atoms with Crippen LogP contribution in [-0.2, 0) is 0 Å². The quantitative estimate of drug-likeness (QED) is 0.436. The zero-order valence-electron chi connectivity index (χ0n) is 3.16. The Morgan fingerprint density at radius 2 is 2.17 bits per heavy atom. The van der Waals surface area contributed by atoms with Crippen LogP contribution in [0.15, 0.2) is 0 Å². The van der Waals surface area contributed by atoms with Crippen LogP contribution in [-0.4, -0.2) is 28.4 Å². The van der Waals surface area contributed by atoms with E-state index in [1.165, 1.54) is 0 Å². The van der Waals surface area contributed by atoms with Gasteiger partial charge in [-0.25, -0.2) is 5.21 Å². The molecule has 0 bridgehead atoms. The molecule has 0 saturated carbocycles. The standard InChI is InChI=1S/C2H6NO3/c4-2-1-3(5)6/h4H,1-2H2,(H,5,6)/q+1. The first-order valence-electron chi connectivity index (χ1n) is 1.52. The van der Waals surface area contributed by atoms with Crippen LogP contribution in [0.25, 0.3) is 0 Å². The smallest absolute Gasteiger partial charge is 0.270 e. The molecule has 4 heteroatoms. The molecule has 0 aliphatic heterocycles. The summed E-state index contributed by atoms with van der Waals surface area (Å²) in [5, 5.41) is 15.5. The van der Waals surface area contributed by atoms with Gasteiger partial charge in [-0.15, -0.1) is 0 Å². The van der Waals surface area contributed by atoms with Gasteiger partial charge in [0.25, 0.3) is 6.54 Å². The maximum atomic E-state index is 9.36. The van der Waals surface area contributed by atoms with E-state index in [0.29, 0.717) is 0 Å². The summed E-state index contributed by atoms with van der Waals surface area (Å²) in [4.78, 5) is 9.04. The third-order valence-corrected chi connectivity index (χ3v) is 0.291. The molecule has 0 aromatic heterocycles. The van der Waals surface area contributed by atoms with Gasteiger partial charge < -0.3 is 5.11 Å². The van der Waals surface area contributed by atoms with Gasteiger partial charge >= 0.3 is 0 Å². The normalized spacial score (nSPS) is 8.17. The van der Waals surface area contributed by atoms with Crippen LogP contribution in [0.2, 0.25) is 0 Å². The van der Waals surface area contributed by atoms with Gasteiger partial charge in [-0.05, 0) is 0 Å². The van der Waals surface area contributed by atoms with Crippen molar-refractivity contribution in [2.75, 3.05) is 13.2 Å². The van der Waals surface area contributed by atoms with Crippen LogP contribution in [0.4, 0.5) is 0 Å². The summed E-state index contributed by atoms with van der Waals surface area (Å²) in [6.07, 6.45) is 0. The second-order valence-electron chi connectivity index (χ2n) is 0.799. The van der Waals surface area contributed by atoms with Crippen molar-refractivity contribution in [1.82, 2.24) is 0 Å². The molecule has 4 nitrogen and oxygen atoms in total. The van der Waals surface area contributed by atoms with E-state index in [2.05, 4.69) is 0 Å². The highest BCUT2D eigenvalue weighted by atomic mass is 16.6. The van der Waals surface area contributed by atoms with Gasteiger partial charge in [-0.2, -0.15) is 0 Å². The number of rotatable bonds is 2. The summed E-state index contributed by atoms with van der Waals surface area (Å²) in [7, 11) is 0. The van der Waals surface area contributed by atoms with Crippen LogP contribution in [0.1, 0.15) is 0 Å². The first kappa shape index (κ1) is 5.36. The first-order chi connectivity index (χ1) is 2.77. The van der Waals surface area contributed by atoms with Gasteiger partial charge in [0.15, 0.2) is 0 Å². The molecular formula is C2H6NO3+. The minimum Gasteiger partial charge on any atom is -0.389 e.